The molecule has 0 radical (unpaired) electrons. The minimum absolute atomic E-state index is 0.0933. The van der Waals surface area contributed by atoms with E-state index in [9.17, 15) is 13.2 Å². The van der Waals surface area contributed by atoms with Gasteiger partial charge in [0.15, 0.2) is 0 Å². The summed E-state index contributed by atoms with van der Waals surface area (Å²) < 4.78 is 24.6. The molecule has 1 aromatic rings. The van der Waals surface area contributed by atoms with Crippen molar-refractivity contribution in [1.82, 2.24) is 4.31 Å². The number of rotatable bonds is 4. The molecule has 6 heteroatoms. The molecule has 1 heterocycles. The molecule has 0 unspecified atom stereocenters. The molecule has 1 aromatic carbocycles. The smallest absolute Gasteiger partial charge is 0.228 e. The first-order valence-corrected chi connectivity index (χ1v) is 9.10. The van der Waals surface area contributed by atoms with Gasteiger partial charge in [-0.05, 0) is 30.9 Å². The van der Waals surface area contributed by atoms with Crippen LogP contribution in [-0.2, 0) is 21.2 Å². The largest absolute Gasteiger partial charge is 0.326 e. The van der Waals surface area contributed by atoms with Gasteiger partial charge in [-0.1, -0.05) is 25.1 Å². The molecule has 0 aliphatic carbocycles. The molecule has 1 aliphatic heterocycles. The number of benzene rings is 1. The third-order valence-electron chi connectivity index (χ3n) is 3.88. The highest BCUT2D eigenvalue weighted by Gasteiger charge is 2.30. The van der Waals surface area contributed by atoms with Gasteiger partial charge in [0.2, 0.25) is 15.9 Å². The summed E-state index contributed by atoms with van der Waals surface area (Å²) in [6.45, 7) is 2.82. The van der Waals surface area contributed by atoms with E-state index in [1.165, 1.54) is 10.6 Å². The van der Waals surface area contributed by atoms with Crippen LogP contribution in [0.5, 0.6) is 0 Å². The van der Waals surface area contributed by atoms with Crippen molar-refractivity contribution in [2.75, 3.05) is 24.7 Å². The number of nitrogens with zero attached hydrogens (tertiary/aromatic N) is 1. The molecule has 1 N–H and O–H groups in total. The highest BCUT2D eigenvalue weighted by Crippen LogP contribution is 2.22. The van der Waals surface area contributed by atoms with E-state index in [0.717, 1.165) is 30.5 Å². The molecule has 0 spiro atoms. The predicted molar refractivity (Wildman–Crippen MR) is 83.6 cm³/mol. The van der Waals surface area contributed by atoms with E-state index in [0.29, 0.717) is 6.54 Å². The first kappa shape index (κ1) is 16.0. The van der Waals surface area contributed by atoms with Crippen LogP contribution in [0.4, 0.5) is 5.69 Å². The second kappa shape index (κ2) is 6.58. The summed E-state index contributed by atoms with van der Waals surface area (Å²) in [5, 5.41) is 2.94. The van der Waals surface area contributed by atoms with Gasteiger partial charge in [0, 0.05) is 18.8 Å². The number of carbonyl (C=O) groups is 1. The van der Waals surface area contributed by atoms with Crippen LogP contribution in [0, 0.1) is 5.92 Å². The van der Waals surface area contributed by atoms with Crippen molar-refractivity contribution in [3.63, 3.8) is 0 Å². The number of anilines is 1. The lowest BCUT2D eigenvalue weighted by Gasteiger charge is -2.30. The zero-order valence-corrected chi connectivity index (χ0v) is 13.3. The van der Waals surface area contributed by atoms with E-state index >= 15 is 0 Å². The van der Waals surface area contributed by atoms with Crippen LogP contribution in [0.15, 0.2) is 24.3 Å². The number of amides is 1. The summed E-state index contributed by atoms with van der Waals surface area (Å²) >= 11 is 0. The summed E-state index contributed by atoms with van der Waals surface area (Å²) in [5.74, 6) is -0.373. The summed E-state index contributed by atoms with van der Waals surface area (Å²) in [7, 11) is -3.22. The highest BCUT2D eigenvalue weighted by molar-refractivity contribution is 7.88. The van der Waals surface area contributed by atoms with Crippen LogP contribution in [-0.4, -0.2) is 38.0 Å². The Kier molecular flexibility index (Phi) is 5.00. The lowest BCUT2D eigenvalue weighted by Crippen LogP contribution is -2.43. The number of aryl methyl sites for hydroxylation is 1. The Morgan fingerprint density at radius 1 is 1.38 bits per heavy atom. The molecule has 1 saturated heterocycles. The van der Waals surface area contributed by atoms with Crippen LogP contribution in [0.3, 0.4) is 0 Å². The van der Waals surface area contributed by atoms with Crippen molar-refractivity contribution in [1.29, 1.82) is 0 Å². The zero-order valence-electron chi connectivity index (χ0n) is 12.5. The van der Waals surface area contributed by atoms with Crippen molar-refractivity contribution in [3.8, 4) is 0 Å². The van der Waals surface area contributed by atoms with Gasteiger partial charge in [-0.15, -0.1) is 0 Å². The average molecular weight is 310 g/mol. The topological polar surface area (TPSA) is 66.5 Å². The van der Waals surface area contributed by atoms with E-state index in [4.69, 9.17) is 0 Å². The number of sulfonamides is 1. The Hall–Kier alpha value is -1.40. The van der Waals surface area contributed by atoms with Crippen molar-refractivity contribution in [2.45, 2.75) is 26.2 Å². The Morgan fingerprint density at radius 3 is 2.76 bits per heavy atom. The van der Waals surface area contributed by atoms with E-state index in [1.807, 2.05) is 31.2 Å². The Balaban J connectivity index is 2.06. The monoisotopic (exact) mass is 310 g/mol. The van der Waals surface area contributed by atoms with Crippen LogP contribution in [0.2, 0.25) is 0 Å². The molecule has 116 valence electrons. The van der Waals surface area contributed by atoms with Crippen LogP contribution in [0.1, 0.15) is 25.3 Å². The van der Waals surface area contributed by atoms with Gasteiger partial charge >= 0.3 is 0 Å². The zero-order chi connectivity index (χ0) is 15.5. The van der Waals surface area contributed by atoms with Crippen LogP contribution < -0.4 is 5.32 Å². The third kappa shape index (κ3) is 4.04. The van der Waals surface area contributed by atoms with E-state index in [1.54, 1.807) is 0 Å². The lowest BCUT2D eigenvalue weighted by molar-refractivity contribution is -0.120. The van der Waals surface area contributed by atoms with Crippen LogP contribution >= 0.6 is 0 Å². The summed E-state index contributed by atoms with van der Waals surface area (Å²) in [6, 6.07) is 7.70. The molecule has 1 amide bonds. The fourth-order valence-corrected chi connectivity index (χ4v) is 3.55. The minimum atomic E-state index is -3.22. The minimum Gasteiger partial charge on any atom is -0.326 e. The fraction of sp³-hybridized carbons (Fsp3) is 0.533. The Bertz CT molecular complexity index is 613. The molecule has 2 rings (SSSR count). The van der Waals surface area contributed by atoms with Crippen LogP contribution in [0.25, 0.3) is 0 Å². The van der Waals surface area contributed by atoms with Gasteiger partial charge in [-0.25, -0.2) is 12.7 Å². The SMILES string of the molecule is CCc1ccccc1NC(=O)[C@H]1CCCN(S(C)(=O)=O)C1. The first-order chi connectivity index (χ1) is 9.91. The number of piperidine rings is 1. The molecular formula is C15H22N2O3S. The molecular weight excluding hydrogens is 288 g/mol. The van der Waals surface area contributed by atoms with Gasteiger partial charge in [-0.3, -0.25) is 4.79 Å². The van der Waals surface area contributed by atoms with Gasteiger partial charge in [0.05, 0.1) is 12.2 Å². The Morgan fingerprint density at radius 2 is 2.10 bits per heavy atom. The number of nitrogens with one attached hydrogen (secondary N) is 1. The number of hydrogen-bond acceptors (Lipinski definition) is 3. The Labute approximate surface area is 126 Å². The third-order valence-corrected chi connectivity index (χ3v) is 5.15. The van der Waals surface area contributed by atoms with Gasteiger partial charge in [0.1, 0.15) is 0 Å². The molecule has 1 atom stereocenters. The maximum Gasteiger partial charge on any atom is 0.228 e. The van der Waals surface area contributed by atoms with Gasteiger partial charge in [0.25, 0.3) is 0 Å². The molecule has 0 bridgehead atoms. The maximum absolute atomic E-state index is 12.4. The fourth-order valence-electron chi connectivity index (χ4n) is 2.64. The lowest BCUT2D eigenvalue weighted by atomic mass is 9.98. The molecule has 1 fully saturated rings. The van der Waals surface area contributed by atoms with Crippen molar-refractivity contribution >= 4 is 21.6 Å². The first-order valence-electron chi connectivity index (χ1n) is 7.25. The predicted octanol–water partition coefficient (Wildman–Crippen LogP) is 1.86. The molecule has 0 saturated carbocycles. The quantitative estimate of drug-likeness (QED) is 0.923. The summed E-state index contributed by atoms with van der Waals surface area (Å²) in [4.78, 5) is 12.4. The highest BCUT2D eigenvalue weighted by atomic mass is 32.2. The normalized spacial score (nSPS) is 20.2. The van der Waals surface area contributed by atoms with E-state index in [-0.39, 0.29) is 18.4 Å². The molecule has 1 aliphatic rings. The van der Waals surface area contributed by atoms with E-state index < -0.39 is 10.0 Å². The maximum atomic E-state index is 12.4. The van der Waals surface area contributed by atoms with Crippen molar-refractivity contribution < 1.29 is 13.2 Å². The number of carbonyl (C=O) groups excluding carboxylic acids is 1. The standard InChI is InChI=1S/C15H22N2O3S/c1-3-12-7-4-5-9-14(12)16-15(18)13-8-6-10-17(11-13)21(2,19)20/h4-5,7,9,13H,3,6,8,10-11H2,1-2H3,(H,16,18)/t13-/m0/s1. The second-order valence-electron chi connectivity index (χ2n) is 5.46. The number of hydrogen-bond donors (Lipinski definition) is 1. The van der Waals surface area contributed by atoms with Gasteiger partial charge < -0.3 is 5.32 Å². The number of para-hydroxylation sites is 1. The van der Waals surface area contributed by atoms with Gasteiger partial charge in [-0.2, -0.15) is 0 Å². The summed E-state index contributed by atoms with van der Waals surface area (Å²) in [5.41, 5.74) is 1.91. The van der Waals surface area contributed by atoms with E-state index in [2.05, 4.69) is 5.32 Å². The molecule has 0 aromatic heterocycles. The average Bonchev–Trinajstić information content (AvgIpc) is 2.47. The molecule has 5 nitrogen and oxygen atoms in total. The summed E-state index contributed by atoms with van der Waals surface area (Å²) in [6.07, 6.45) is 3.49. The molecule has 21 heavy (non-hydrogen) atoms. The van der Waals surface area contributed by atoms with Crippen molar-refractivity contribution in [3.05, 3.63) is 29.8 Å². The second-order valence-corrected chi connectivity index (χ2v) is 7.44. The van der Waals surface area contributed by atoms with Crippen molar-refractivity contribution in [2.24, 2.45) is 5.92 Å².